The van der Waals surface area contributed by atoms with Crippen LogP contribution in [0.15, 0.2) is 0 Å². The van der Waals surface area contributed by atoms with E-state index in [1.807, 2.05) is 9.80 Å². The number of carbonyl (C=O) groups is 6. The van der Waals surface area contributed by atoms with Crippen molar-refractivity contribution in [2.75, 3.05) is 196 Å². The Morgan fingerprint density at radius 2 is 0.707 bits per heavy atom. The Balaban J connectivity index is 1.42. The Morgan fingerprint density at radius 1 is 0.366 bits per heavy atom. The van der Waals surface area contributed by atoms with Gasteiger partial charge in [0.2, 0.25) is 0 Å². The van der Waals surface area contributed by atoms with Crippen LogP contribution in [0.1, 0.15) is 148 Å². The second-order valence-electron chi connectivity index (χ2n) is 21.6. The molecule has 21 nitrogen and oxygen atoms in total. The van der Waals surface area contributed by atoms with Gasteiger partial charge in [0.1, 0.15) is 13.2 Å². The molecule has 0 unspecified atom stereocenters. The lowest BCUT2D eigenvalue weighted by atomic mass is 10.1. The molecule has 2 aliphatic rings. The summed E-state index contributed by atoms with van der Waals surface area (Å²) in [5.74, 6) is -0.228. The summed E-state index contributed by atoms with van der Waals surface area (Å²) in [4.78, 5) is 88.1. The predicted octanol–water partition coefficient (Wildman–Crippen LogP) is 5.27. The third-order valence-corrected chi connectivity index (χ3v) is 16.8. The van der Waals surface area contributed by atoms with Crippen molar-refractivity contribution in [3.05, 3.63) is 0 Å². The largest absolute Gasteiger partial charge is 0.466 e. The van der Waals surface area contributed by atoms with Gasteiger partial charge >= 0.3 is 35.8 Å². The van der Waals surface area contributed by atoms with Crippen LogP contribution in [-0.4, -0.2) is 272 Å². The van der Waals surface area contributed by atoms with Crippen LogP contribution in [0.5, 0.6) is 0 Å². The molecule has 0 aliphatic carbocycles. The van der Waals surface area contributed by atoms with Gasteiger partial charge in [-0.15, -0.1) is 0 Å². The maximum absolute atomic E-state index is 12.6. The van der Waals surface area contributed by atoms with Gasteiger partial charge in [-0.2, -0.15) is 0 Å². The molecule has 0 aromatic rings. The highest BCUT2D eigenvalue weighted by atomic mass is 33.1. The SMILES string of the molecule is CN1CCN(CCCCCCC(=O)OCCSSCCOC(=O)CCN(CCCCO)CCC(=O)OCCCCCCOC(=O)CCN(CCCCO)CCC(=O)OCCCCCCOC(=O)CCNCCCN2CCN(C)CC2)CC1. The smallest absolute Gasteiger partial charge is 0.307 e. The van der Waals surface area contributed by atoms with Gasteiger partial charge in [-0.05, 0) is 143 Å². The minimum absolute atomic E-state index is 0.0766. The minimum atomic E-state index is -0.306. The number of nitrogens with zero attached hydrogens (tertiary/aromatic N) is 6. The summed E-state index contributed by atoms with van der Waals surface area (Å²) in [6, 6.07) is 0. The van der Waals surface area contributed by atoms with E-state index in [9.17, 15) is 39.0 Å². The summed E-state index contributed by atoms with van der Waals surface area (Å²) in [6.45, 7) is 18.0. The molecule has 0 saturated carbocycles. The average molecular weight is 1210 g/mol. The highest BCUT2D eigenvalue weighted by molar-refractivity contribution is 8.76. The van der Waals surface area contributed by atoms with Crippen molar-refractivity contribution in [2.24, 2.45) is 0 Å². The zero-order valence-electron chi connectivity index (χ0n) is 50.9. The molecule has 2 fully saturated rings. The fourth-order valence-electron chi connectivity index (χ4n) is 9.20. The van der Waals surface area contributed by atoms with Crippen LogP contribution in [0, 0.1) is 0 Å². The topological polar surface area (TPSA) is 230 Å². The standard InChI is InChI=1S/C59H111N7O14S2/c1-61-36-40-65(41-37-61)28-10-4-3-9-20-54(69)79-50-52-81-82-53-51-80-59(74)25-35-64(30-12-14-45-68)34-24-58(73)78-49-18-8-7-17-48-77-57(72)23-33-63(29-11-13-44-67)32-22-56(71)76-47-16-6-5-15-46-75-55(70)21-27-60-26-19-31-66-42-38-62(2)39-43-66/h60,67-68H,3-53H2,1-2H3. The molecular weight excluding hydrogens is 1090 g/mol. The molecule has 0 aromatic carbocycles. The van der Waals surface area contributed by atoms with Crippen LogP contribution in [0.4, 0.5) is 0 Å². The zero-order chi connectivity index (χ0) is 59.4. The molecule has 3 N–H and O–H groups in total. The molecule has 0 amide bonds. The summed E-state index contributed by atoms with van der Waals surface area (Å²) in [6.07, 6.45) is 15.9. The van der Waals surface area contributed by atoms with Gasteiger partial charge in [0.05, 0.1) is 58.5 Å². The van der Waals surface area contributed by atoms with Gasteiger partial charge in [-0.3, -0.25) is 28.8 Å². The van der Waals surface area contributed by atoms with Gasteiger partial charge in [0.15, 0.2) is 0 Å². The van der Waals surface area contributed by atoms with E-state index < -0.39 is 0 Å². The quantitative estimate of drug-likeness (QED) is 0.0305. The van der Waals surface area contributed by atoms with Crippen LogP contribution in [0.25, 0.3) is 0 Å². The van der Waals surface area contributed by atoms with E-state index in [4.69, 9.17) is 28.4 Å². The third kappa shape index (κ3) is 46.4. The second kappa shape index (κ2) is 53.6. The highest BCUT2D eigenvalue weighted by Gasteiger charge is 2.17. The highest BCUT2D eigenvalue weighted by Crippen LogP contribution is 2.20. The van der Waals surface area contributed by atoms with Crippen molar-refractivity contribution in [1.82, 2.24) is 34.7 Å². The summed E-state index contributed by atoms with van der Waals surface area (Å²) in [5, 5.41) is 21.9. The normalized spacial score (nSPS) is 14.6. The number of nitrogens with one attached hydrogen (secondary N) is 1. The van der Waals surface area contributed by atoms with Crippen molar-refractivity contribution < 1.29 is 67.4 Å². The number of likely N-dealkylation sites (N-methyl/N-ethyl adjacent to an activating group) is 2. The van der Waals surface area contributed by atoms with Gasteiger partial charge in [-0.25, -0.2) is 0 Å². The first-order valence-electron chi connectivity index (χ1n) is 31.3. The van der Waals surface area contributed by atoms with Crippen molar-refractivity contribution in [2.45, 2.75) is 148 Å². The van der Waals surface area contributed by atoms with Crippen molar-refractivity contribution >= 4 is 57.4 Å². The molecule has 0 radical (unpaired) electrons. The summed E-state index contributed by atoms with van der Waals surface area (Å²) >= 11 is 0. The molecule has 2 rings (SSSR count). The maximum Gasteiger partial charge on any atom is 0.307 e. The molecule has 0 spiro atoms. The molecule has 478 valence electrons. The fourth-order valence-corrected chi connectivity index (χ4v) is 10.9. The Kier molecular flexibility index (Phi) is 49.2. The summed E-state index contributed by atoms with van der Waals surface area (Å²) < 4.78 is 32.6. The third-order valence-electron chi connectivity index (χ3n) is 14.5. The van der Waals surface area contributed by atoms with E-state index in [0.717, 1.165) is 149 Å². The lowest BCUT2D eigenvalue weighted by Gasteiger charge is -2.32. The molecule has 2 aliphatic heterocycles. The van der Waals surface area contributed by atoms with E-state index in [0.29, 0.717) is 129 Å². The number of aliphatic hydroxyl groups excluding tert-OH is 2. The Morgan fingerprint density at radius 3 is 1.11 bits per heavy atom. The fraction of sp³-hybridized carbons (Fsp3) is 0.898. The van der Waals surface area contributed by atoms with Gasteiger partial charge in [0.25, 0.3) is 0 Å². The molecule has 82 heavy (non-hydrogen) atoms. The van der Waals surface area contributed by atoms with E-state index >= 15 is 0 Å². The van der Waals surface area contributed by atoms with E-state index in [1.165, 1.54) is 6.42 Å². The second-order valence-corrected chi connectivity index (χ2v) is 24.3. The maximum atomic E-state index is 12.6. The van der Waals surface area contributed by atoms with Crippen LogP contribution < -0.4 is 5.32 Å². The first kappa shape index (κ1) is 75.3. The van der Waals surface area contributed by atoms with E-state index in [1.54, 1.807) is 21.6 Å². The minimum Gasteiger partial charge on any atom is -0.466 e. The van der Waals surface area contributed by atoms with Crippen LogP contribution >= 0.6 is 21.6 Å². The van der Waals surface area contributed by atoms with Gasteiger partial charge in [0, 0.05) is 116 Å². The predicted molar refractivity (Wildman–Crippen MR) is 325 cm³/mol. The van der Waals surface area contributed by atoms with Crippen LogP contribution in [-0.2, 0) is 57.2 Å². The number of unbranched alkanes of at least 4 members (excludes halogenated alkanes) is 11. The molecule has 0 aromatic heterocycles. The lowest BCUT2D eigenvalue weighted by molar-refractivity contribution is -0.146. The first-order chi connectivity index (χ1) is 40.0. The number of piperazine rings is 2. The molecule has 2 heterocycles. The molecule has 0 atom stereocenters. The lowest BCUT2D eigenvalue weighted by Crippen LogP contribution is -2.45. The van der Waals surface area contributed by atoms with Crippen molar-refractivity contribution in [1.29, 1.82) is 0 Å². The van der Waals surface area contributed by atoms with Crippen LogP contribution in [0.2, 0.25) is 0 Å². The summed E-state index contributed by atoms with van der Waals surface area (Å²) in [5.41, 5.74) is 0. The van der Waals surface area contributed by atoms with Crippen molar-refractivity contribution in [3.8, 4) is 0 Å². The number of hydrogen-bond acceptors (Lipinski definition) is 23. The number of carbonyl (C=O) groups excluding carboxylic acids is 6. The van der Waals surface area contributed by atoms with Crippen LogP contribution in [0.3, 0.4) is 0 Å². The number of aliphatic hydroxyl groups is 2. The van der Waals surface area contributed by atoms with E-state index in [2.05, 4.69) is 39.0 Å². The number of ether oxygens (including phenoxy) is 6. The van der Waals surface area contributed by atoms with Gasteiger partial charge in [-0.1, -0.05) is 34.4 Å². The average Bonchev–Trinajstić information content (AvgIpc) is 3.47. The van der Waals surface area contributed by atoms with Gasteiger partial charge < -0.3 is 73.4 Å². The number of rotatable bonds is 55. The molecule has 23 heteroatoms. The zero-order valence-corrected chi connectivity index (χ0v) is 52.5. The Labute approximate surface area is 501 Å². The number of esters is 6. The van der Waals surface area contributed by atoms with E-state index in [-0.39, 0.29) is 81.3 Å². The Hall–Kier alpha value is -2.84. The monoisotopic (exact) mass is 1210 g/mol. The molecule has 0 bridgehead atoms. The molecule has 2 saturated heterocycles. The first-order valence-corrected chi connectivity index (χ1v) is 33.8. The molecular formula is C59H111N7O14S2. The Bertz CT molecular complexity index is 1500. The van der Waals surface area contributed by atoms with Crippen molar-refractivity contribution in [3.63, 3.8) is 0 Å². The number of hydrogen-bond donors (Lipinski definition) is 3. The summed E-state index contributed by atoms with van der Waals surface area (Å²) in [7, 11) is 7.49.